The molecule has 1 N–H and O–H groups in total. The highest BCUT2D eigenvalue weighted by atomic mass is 16.6. The van der Waals surface area contributed by atoms with Crippen molar-refractivity contribution in [2.45, 2.75) is 46.3 Å². The van der Waals surface area contributed by atoms with Crippen LogP contribution >= 0.6 is 0 Å². The standard InChI is InChI=1S/C20H24N2O5/c1-5-14-7-6-8-16(11-14)26-17-9-10-18(22(24)25)15(12-17)13-21-19(23)27-20(2,3)4/h6-12H,5,13H2,1-4H3,(H,21,23). The average Bonchev–Trinajstić information content (AvgIpc) is 2.58. The SMILES string of the molecule is CCc1cccc(Oc2ccc([N+](=O)[O-])c(CNC(=O)OC(C)(C)C)c2)c1. The van der Waals surface area contributed by atoms with Crippen molar-refractivity contribution >= 4 is 11.8 Å². The largest absolute Gasteiger partial charge is 0.457 e. The minimum Gasteiger partial charge on any atom is -0.457 e. The zero-order valence-corrected chi connectivity index (χ0v) is 15.9. The quantitative estimate of drug-likeness (QED) is 0.571. The van der Waals surface area contributed by atoms with Crippen molar-refractivity contribution in [3.05, 3.63) is 63.7 Å². The first-order chi connectivity index (χ1) is 12.7. The van der Waals surface area contributed by atoms with Gasteiger partial charge < -0.3 is 14.8 Å². The van der Waals surface area contributed by atoms with E-state index in [4.69, 9.17) is 9.47 Å². The van der Waals surface area contributed by atoms with Gasteiger partial charge in [0.1, 0.15) is 17.1 Å². The first kappa shape index (κ1) is 20.2. The molecule has 0 aliphatic heterocycles. The van der Waals surface area contributed by atoms with Gasteiger partial charge >= 0.3 is 6.09 Å². The van der Waals surface area contributed by atoms with Crippen LogP contribution in [0.3, 0.4) is 0 Å². The van der Waals surface area contributed by atoms with Crippen LogP contribution in [0, 0.1) is 10.1 Å². The third-order valence-electron chi connectivity index (χ3n) is 3.61. The van der Waals surface area contributed by atoms with Gasteiger partial charge in [-0.15, -0.1) is 0 Å². The first-order valence-electron chi connectivity index (χ1n) is 8.69. The summed E-state index contributed by atoms with van der Waals surface area (Å²) < 4.78 is 11.0. The summed E-state index contributed by atoms with van der Waals surface area (Å²) in [5, 5.41) is 13.8. The topological polar surface area (TPSA) is 90.7 Å². The number of aryl methyl sites for hydroxylation is 1. The lowest BCUT2D eigenvalue weighted by atomic mass is 10.1. The maximum absolute atomic E-state index is 11.8. The van der Waals surface area contributed by atoms with E-state index in [1.165, 1.54) is 12.1 Å². The number of hydrogen-bond acceptors (Lipinski definition) is 5. The Morgan fingerprint density at radius 1 is 1.15 bits per heavy atom. The smallest absolute Gasteiger partial charge is 0.407 e. The zero-order chi connectivity index (χ0) is 20.0. The van der Waals surface area contributed by atoms with Crippen molar-refractivity contribution in [2.24, 2.45) is 0 Å². The molecular weight excluding hydrogens is 348 g/mol. The molecule has 0 aliphatic carbocycles. The summed E-state index contributed by atoms with van der Waals surface area (Å²) in [6, 6.07) is 12.1. The summed E-state index contributed by atoms with van der Waals surface area (Å²) in [6.07, 6.45) is 0.237. The Kier molecular flexibility index (Phi) is 6.39. The van der Waals surface area contributed by atoms with Crippen LogP contribution in [0.15, 0.2) is 42.5 Å². The number of nitro benzene ring substituents is 1. The Labute approximate surface area is 158 Å². The Bertz CT molecular complexity index is 827. The highest BCUT2D eigenvalue weighted by Gasteiger charge is 2.19. The molecule has 7 heteroatoms. The molecule has 0 saturated heterocycles. The summed E-state index contributed by atoms with van der Waals surface area (Å²) in [5.41, 5.74) is 0.711. The summed E-state index contributed by atoms with van der Waals surface area (Å²) in [5.74, 6) is 1.10. The number of nitro groups is 1. The van der Waals surface area contributed by atoms with Gasteiger partial charge in [0.2, 0.25) is 0 Å². The highest BCUT2D eigenvalue weighted by molar-refractivity contribution is 5.68. The van der Waals surface area contributed by atoms with E-state index < -0.39 is 16.6 Å². The fourth-order valence-electron chi connectivity index (χ4n) is 2.39. The van der Waals surface area contributed by atoms with E-state index in [1.54, 1.807) is 26.8 Å². The van der Waals surface area contributed by atoms with E-state index in [9.17, 15) is 14.9 Å². The molecule has 7 nitrogen and oxygen atoms in total. The van der Waals surface area contributed by atoms with Crippen LogP contribution in [0.5, 0.6) is 11.5 Å². The van der Waals surface area contributed by atoms with Crippen molar-refractivity contribution in [3.63, 3.8) is 0 Å². The molecule has 0 fully saturated rings. The van der Waals surface area contributed by atoms with Gasteiger partial charge in [-0.25, -0.2) is 4.79 Å². The predicted octanol–water partition coefficient (Wildman–Crippen LogP) is 4.97. The van der Waals surface area contributed by atoms with Gasteiger partial charge in [0.05, 0.1) is 17.0 Å². The van der Waals surface area contributed by atoms with Gasteiger partial charge in [0.15, 0.2) is 0 Å². The highest BCUT2D eigenvalue weighted by Crippen LogP contribution is 2.28. The van der Waals surface area contributed by atoms with Gasteiger partial charge in [0.25, 0.3) is 5.69 Å². The van der Waals surface area contributed by atoms with Crippen molar-refractivity contribution in [1.82, 2.24) is 5.32 Å². The number of ether oxygens (including phenoxy) is 2. The van der Waals surface area contributed by atoms with Crippen LogP contribution < -0.4 is 10.1 Å². The molecular formula is C20H24N2O5. The van der Waals surface area contributed by atoms with Gasteiger partial charge in [-0.3, -0.25) is 10.1 Å². The molecule has 0 heterocycles. The maximum atomic E-state index is 11.8. The number of carbonyl (C=O) groups excluding carboxylic acids is 1. The van der Waals surface area contributed by atoms with Gasteiger partial charge in [-0.05, 0) is 57.0 Å². The lowest BCUT2D eigenvalue weighted by Gasteiger charge is -2.19. The Hall–Kier alpha value is -3.09. The van der Waals surface area contributed by atoms with E-state index in [0.29, 0.717) is 17.1 Å². The lowest BCUT2D eigenvalue weighted by molar-refractivity contribution is -0.385. The molecule has 0 atom stereocenters. The molecule has 0 aromatic heterocycles. The van der Waals surface area contributed by atoms with Crippen molar-refractivity contribution < 1.29 is 19.2 Å². The van der Waals surface area contributed by atoms with Gasteiger partial charge in [-0.2, -0.15) is 0 Å². The van der Waals surface area contributed by atoms with Crippen molar-refractivity contribution in [2.75, 3.05) is 0 Å². The number of benzene rings is 2. The Morgan fingerprint density at radius 3 is 2.48 bits per heavy atom. The van der Waals surface area contributed by atoms with Crippen LogP contribution in [0.4, 0.5) is 10.5 Å². The molecule has 27 heavy (non-hydrogen) atoms. The molecule has 144 valence electrons. The second-order valence-corrected chi connectivity index (χ2v) is 7.01. The number of alkyl carbamates (subject to hydrolysis) is 1. The van der Waals surface area contributed by atoms with Crippen molar-refractivity contribution in [3.8, 4) is 11.5 Å². The summed E-state index contributed by atoms with van der Waals surface area (Å²) >= 11 is 0. The van der Waals surface area contributed by atoms with Crippen LogP contribution in [0.2, 0.25) is 0 Å². The molecule has 0 aliphatic rings. The Morgan fingerprint density at radius 2 is 1.85 bits per heavy atom. The number of rotatable bonds is 6. The second-order valence-electron chi connectivity index (χ2n) is 7.01. The monoisotopic (exact) mass is 372 g/mol. The fourth-order valence-corrected chi connectivity index (χ4v) is 2.39. The van der Waals surface area contributed by atoms with Crippen LogP contribution in [-0.2, 0) is 17.7 Å². The van der Waals surface area contributed by atoms with E-state index >= 15 is 0 Å². The number of amides is 1. The Balaban J connectivity index is 2.18. The molecule has 2 aromatic carbocycles. The third kappa shape index (κ3) is 6.29. The summed E-state index contributed by atoms with van der Waals surface area (Å²) in [7, 11) is 0. The molecule has 1 amide bonds. The molecule has 2 aromatic rings. The molecule has 0 unspecified atom stereocenters. The van der Waals surface area contributed by atoms with Gasteiger partial charge in [-0.1, -0.05) is 19.1 Å². The molecule has 0 spiro atoms. The first-order valence-corrected chi connectivity index (χ1v) is 8.69. The number of nitrogens with zero attached hydrogens (tertiary/aromatic N) is 1. The molecule has 2 rings (SSSR count). The number of carbonyl (C=O) groups is 1. The zero-order valence-electron chi connectivity index (χ0n) is 15.9. The van der Waals surface area contributed by atoms with Crippen molar-refractivity contribution in [1.29, 1.82) is 0 Å². The number of hydrogen-bond donors (Lipinski definition) is 1. The summed E-state index contributed by atoms with van der Waals surface area (Å²) in [4.78, 5) is 22.6. The van der Waals surface area contributed by atoms with E-state index in [2.05, 4.69) is 5.32 Å². The predicted molar refractivity (Wildman–Crippen MR) is 102 cm³/mol. The minimum atomic E-state index is -0.648. The average molecular weight is 372 g/mol. The van der Waals surface area contributed by atoms with Gasteiger partial charge in [0, 0.05) is 6.07 Å². The van der Waals surface area contributed by atoms with Crippen LogP contribution in [0.1, 0.15) is 38.8 Å². The normalized spacial score (nSPS) is 11.0. The lowest BCUT2D eigenvalue weighted by Crippen LogP contribution is -2.32. The van der Waals surface area contributed by atoms with Crippen LogP contribution in [-0.4, -0.2) is 16.6 Å². The van der Waals surface area contributed by atoms with E-state index in [1.807, 2.05) is 31.2 Å². The van der Waals surface area contributed by atoms with E-state index in [-0.39, 0.29) is 12.2 Å². The maximum Gasteiger partial charge on any atom is 0.407 e. The van der Waals surface area contributed by atoms with E-state index in [0.717, 1.165) is 12.0 Å². The number of nitrogens with one attached hydrogen (secondary N) is 1. The molecule has 0 radical (unpaired) electrons. The summed E-state index contributed by atoms with van der Waals surface area (Å²) in [6.45, 7) is 7.23. The third-order valence-corrected chi connectivity index (χ3v) is 3.61. The minimum absolute atomic E-state index is 0.0442. The second kappa shape index (κ2) is 8.53. The van der Waals surface area contributed by atoms with Crippen LogP contribution in [0.25, 0.3) is 0 Å². The molecule has 0 bridgehead atoms. The molecule has 0 saturated carbocycles. The fraction of sp³-hybridized carbons (Fsp3) is 0.350.